The average Bonchev–Trinajstić information content (AvgIpc) is 2.97. The molecule has 0 amide bonds. The first-order valence-corrected chi connectivity index (χ1v) is 7.09. The molecule has 1 aromatic heterocycles. The third-order valence-electron chi connectivity index (χ3n) is 3.61. The van der Waals surface area contributed by atoms with E-state index in [1.807, 2.05) is 0 Å². The van der Waals surface area contributed by atoms with Crippen LogP contribution < -0.4 is 5.32 Å². The summed E-state index contributed by atoms with van der Waals surface area (Å²) in [5.74, 6) is -0.0368. The fourth-order valence-corrected chi connectivity index (χ4v) is 3.28. The summed E-state index contributed by atoms with van der Waals surface area (Å²) in [4.78, 5) is 11.9. The van der Waals surface area contributed by atoms with E-state index in [2.05, 4.69) is 12.2 Å². The molecule has 0 unspecified atom stereocenters. The number of carboxylic acids is 1. The SMILES string of the molecule is C[C@H](NCc1cc(C(=O)O)cs1)C1CCCC1. The smallest absolute Gasteiger partial charge is 0.336 e. The maximum Gasteiger partial charge on any atom is 0.336 e. The van der Waals surface area contributed by atoms with Crippen molar-refractivity contribution in [2.45, 2.75) is 45.2 Å². The van der Waals surface area contributed by atoms with E-state index in [4.69, 9.17) is 5.11 Å². The van der Waals surface area contributed by atoms with E-state index in [1.54, 1.807) is 11.4 Å². The minimum atomic E-state index is -0.837. The molecule has 2 N–H and O–H groups in total. The zero-order valence-corrected chi connectivity index (χ0v) is 10.9. The molecule has 0 saturated heterocycles. The Hall–Kier alpha value is -0.870. The molecule has 94 valence electrons. The van der Waals surface area contributed by atoms with E-state index in [0.717, 1.165) is 17.3 Å². The first-order valence-electron chi connectivity index (χ1n) is 6.21. The minimum absolute atomic E-state index is 0.403. The summed E-state index contributed by atoms with van der Waals surface area (Å²) >= 11 is 1.52. The molecule has 1 aliphatic carbocycles. The highest BCUT2D eigenvalue weighted by molar-refractivity contribution is 7.10. The fraction of sp³-hybridized carbons (Fsp3) is 0.615. The molecular formula is C13H19NO2S. The Morgan fingerprint density at radius 1 is 1.59 bits per heavy atom. The molecule has 17 heavy (non-hydrogen) atoms. The van der Waals surface area contributed by atoms with Gasteiger partial charge in [-0.3, -0.25) is 0 Å². The van der Waals surface area contributed by atoms with Crippen molar-refractivity contribution in [3.63, 3.8) is 0 Å². The van der Waals surface area contributed by atoms with Gasteiger partial charge in [0.1, 0.15) is 0 Å². The van der Waals surface area contributed by atoms with E-state index in [9.17, 15) is 4.79 Å². The third-order valence-corrected chi connectivity index (χ3v) is 4.54. The number of nitrogens with one attached hydrogen (secondary N) is 1. The van der Waals surface area contributed by atoms with Crippen LogP contribution in [0.5, 0.6) is 0 Å². The number of hydrogen-bond donors (Lipinski definition) is 2. The van der Waals surface area contributed by atoms with Gasteiger partial charge in [0.05, 0.1) is 5.56 Å². The lowest BCUT2D eigenvalue weighted by atomic mass is 10.00. The maximum atomic E-state index is 10.7. The van der Waals surface area contributed by atoms with Gasteiger partial charge in [-0.25, -0.2) is 4.79 Å². The molecule has 0 aromatic carbocycles. The van der Waals surface area contributed by atoms with Crippen molar-refractivity contribution in [2.24, 2.45) is 5.92 Å². The van der Waals surface area contributed by atoms with Crippen LogP contribution in [-0.2, 0) is 6.54 Å². The van der Waals surface area contributed by atoms with Gasteiger partial charge in [-0.15, -0.1) is 11.3 Å². The first-order chi connectivity index (χ1) is 8.16. The molecule has 4 heteroatoms. The molecule has 0 aliphatic heterocycles. The van der Waals surface area contributed by atoms with Gasteiger partial charge in [0, 0.05) is 22.8 Å². The molecule has 1 saturated carbocycles. The van der Waals surface area contributed by atoms with E-state index in [1.165, 1.54) is 37.0 Å². The highest BCUT2D eigenvalue weighted by Gasteiger charge is 2.21. The van der Waals surface area contributed by atoms with E-state index in [-0.39, 0.29) is 0 Å². The van der Waals surface area contributed by atoms with Gasteiger partial charge in [0.2, 0.25) is 0 Å². The number of carboxylic acid groups (broad SMARTS) is 1. The number of carbonyl (C=O) groups is 1. The molecule has 1 heterocycles. The van der Waals surface area contributed by atoms with Gasteiger partial charge in [0.15, 0.2) is 0 Å². The van der Waals surface area contributed by atoms with Crippen LogP contribution in [-0.4, -0.2) is 17.1 Å². The Labute approximate surface area is 106 Å². The lowest BCUT2D eigenvalue weighted by molar-refractivity contribution is 0.0697. The van der Waals surface area contributed by atoms with Crippen LogP contribution in [0.3, 0.4) is 0 Å². The number of aromatic carboxylic acids is 1. The molecule has 2 rings (SSSR count). The molecule has 3 nitrogen and oxygen atoms in total. The van der Waals surface area contributed by atoms with Crippen LogP contribution in [0.4, 0.5) is 0 Å². The number of thiophene rings is 1. The Morgan fingerprint density at radius 3 is 2.88 bits per heavy atom. The molecule has 1 fully saturated rings. The van der Waals surface area contributed by atoms with Gasteiger partial charge in [-0.1, -0.05) is 12.8 Å². The molecule has 1 aliphatic rings. The lowest BCUT2D eigenvalue weighted by Gasteiger charge is -2.19. The topological polar surface area (TPSA) is 49.3 Å². The Bertz CT molecular complexity index is 383. The maximum absolute atomic E-state index is 10.7. The highest BCUT2D eigenvalue weighted by atomic mass is 32.1. The van der Waals surface area contributed by atoms with Crippen molar-refractivity contribution in [2.75, 3.05) is 0 Å². The van der Waals surface area contributed by atoms with E-state index >= 15 is 0 Å². The van der Waals surface area contributed by atoms with Crippen LogP contribution in [0.25, 0.3) is 0 Å². The van der Waals surface area contributed by atoms with Crippen molar-refractivity contribution in [3.05, 3.63) is 21.9 Å². The van der Waals surface area contributed by atoms with Gasteiger partial charge >= 0.3 is 5.97 Å². The summed E-state index contributed by atoms with van der Waals surface area (Å²) in [7, 11) is 0. The summed E-state index contributed by atoms with van der Waals surface area (Å²) in [6.07, 6.45) is 5.38. The van der Waals surface area contributed by atoms with Gasteiger partial charge in [-0.05, 0) is 31.7 Å². The predicted molar refractivity (Wildman–Crippen MR) is 69.5 cm³/mol. The molecule has 0 radical (unpaired) electrons. The second-order valence-corrected chi connectivity index (χ2v) is 5.82. The summed E-state index contributed by atoms with van der Waals surface area (Å²) in [6.45, 7) is 3.03. The molecule has 0 spiro atoms. The molecule has 0 bridgehead atoms. The van der Waals surface area contributed by atoms with Gasteiger partial charge in [-0.2, -0.15) is 0 Å². The zero-order chi connectivity index (χ0) is 12.3. The van der Waals surface area contributed by atoms with Crippen molar-refractivity contribution in [1.29, 1.82) is 0 Å². The quantitative estimate of drug-likeness (QED) is 0.847. The van der Waals surface area contributed by atoms with Crippen molar-refractivity contribution < 1.29 is 9.90 Å². The summed E-state index contributed by atoms with van der Waals surface area (Å²) in [5, 5.41) is 14.1. The summed E-state index contributed by atoms with van der Waals surface area (Å²) < 4.78 is 0. The van der Waals surface area contributed by atoms with Crippen LogP contribution in [0, 0.1) is 5.92 Å². The van der Waals surface area contributed by atoms with Crippen LogP contribution >= 0.6 is 11.3 Å². The van der Waals surface area contributed by atoms with E-state index in [0.29, 0.717) is 11.6 Å². The van der Waals surface area contributed by atoms with Crippen molar-refractivity contribution in [3.8, 4) is 0 Å². The van der Waals surface area contributed by atoms with Gasteiger partial charge in [0.25, 0.3) is 0 Å². The van der Waals surface area contributed by atoms with Crippen LogP contribution in [0.15, 0.2) is 11.4 Å². The van der Waals surface area contributed by atoms with Crippen molar-refractivity contribution in [1.82, 2.24) is 5.32 Å². The summed E-state index contributed by atoms with van der Waals surface area (Å²) in [5.41, 5.74) is 0.403. The van der Waals surface area contributed by atoms with Crippen molar-refractivity contribution >= 4 is 17.3 Å². The molecular weight excluding hydrogens is 234 g/mol. The second-order valence-electron chi connectivity index (χ2n) is 4.82. The minimum Gasteiger partial charge on any atom is -0.478 e. The van der Waals surface area contributed by atoms with Crippen LogP contribution in [0.2, 0.25) is 0 Å². The number of hydrogen-bond acceptors (Lipinski definition) is 3. The molecule has 1 aromatic rings. The zero-order valence-electron chi connectivity index (χ0n) is 10.1. The predicted octanol–water partition coefficient (Wildman–Crippen LogP) is 3.11. The largest absolute Gasteiger partial charge is 0.478 e. The standard InChI is InChI=1S/C13H19NO2S/c1-9(10-4-2-3-5-10)14-7-12-6-11(8-17-12)13(15)16/h6,8-10,14H,2-5,7H2,1H3,(H,15,16)/t9-/m0/s1. The van der Waals surface area contributed by atoms with E-state index < -0.39 is 5.97 Å². The third kappa shape index (κ3) is 3.30. The average molecular weight is 253 g/mol. The van der Waals surface area contributed by atoms with Crippen LogP contribution in [0.1, 0.15) is 47.8 Å². The Morgan fingerprint density at radius 2 is 2.29 bits per heavy atom. The highest BCUT2D eigenvalue weighted by Crippen LogP contribution is 2.27. The Kier molecular flexibility index (Phi) is 4.18. The number of rotatable bonds is 5. The van der Waals surface area contributed by atoms with Gasteiger partial charge < -0.3 is 10.4 Å². The Balaban J connectivity index is 1.82. The molecule has 1 atom stereocenters. The normalized spacial score (nSPS) is 18.4. The monoisotopic (exact) mass is 253 g/mol. The summed E-state index contributed by atoms with van der Waals surface area (Å²) in [6, 6.07) is 2.30. The second kappa shape index (κ2) is 5.65. The first kappa shape index (κ1) is 12.6. The lowest BCUT2D eigenvalue weighted by Crippen LogP contribution is -2.31. The fourth-order valence-electron chi connectivity index (χ4n) is 2.47.